The molecule has 2 N–H and O–H groups in total. The van der Waals surface area contributed by atoms with E-state index in [4.69, 9.17) is 0 Å². The number of nitrogens with one attached hydrogen (secondary N) is 2. The monoisotopic (exact) mass is 426 g/mol. The summed E-state index contributed by atoms with van der Waals surface area (Å²) in [7, 11) is 0. The summed E-state index contributed by atoms with van der Waals surface area (Å²) in [5.74, 6) is -4.77. The highest BCUT2D eigenvalue weighted by Crippen LogP contribution is 2.30. The molecule has 0 unspecified atom stereocenters. The number of rotatable bonds is 9. The maximum atomic E-state index is 12.8. The second-order valence-electron chi connectivity index (χ2n) is 6.73. The molecule has 2 aromatic rings. The van der Waals surface area contributed by atoms with Crippen molar-refractivity contribution >= 4 is 17.6 Å². The molecule has 0 saturated heterocycles. The fraction of sp³-hybridized carbons (Fsp3) is 0.368. The van der Waals surface area contributed by atoms with E-state index >= 15 is 0 Å². The molecule has 160 valence electrons. The number of hydrogen-bond acceptors (Lipinski definition) is 5. The fourth-order valence-corrected chi connectivity index (χ4v) is 2.33. The minimum Gasteiger partial charge on any atom is -0.471 e. The number of carbonyl (C=O) groups is 2. The van der Waals surface area contributed by atoms with E-state index in [1.165, 1.54) is 36.7 Å². The van der Waals surface area contributed by atoms with Gasteiger partial charge in [0.1, 0.15) is 5.82 Å². The molecule has 11 heteroatoms. The topological polar surface area (TPSA) is 93.2 Å². The van der Waals surface area contributed by atoms with E-state index in [-0.39, 0.29) is 30.1 Å². The van der Waals surface area contributed by atoms with Crippen molar-refractivity contribution in [1.29, 1.82) is 0 Å². The van der Waals surface area contributed by atoms with Crippen LogP contribution in [0.5, 0.6) is 5.88 Å². The van der Waals surface area contributed by atoms with Crippen LogP contribution in [0.15, 0.2) is 36.7 Å². The zero-order chi connectivity index (χ0) is 21.7. The largest absolute Gasteiger partial charge is 0.471 e. The Kier molecular flexibility index (Phi) is 6.48. The van der Waals surface area contributed by atoms with Gasteiger partial charge in [-0.3, -0.25) is 9.59 Å². The first-order valence-electron chi connectivity index (χ1n) is 9.03. The maximum absolute atomic E-state index is 12.8. The smallest absolute Gasteiger partial charge is 0.340 e. The molecule has 1 saturated carbocycles. The van der Waals surface area contributed by atoms with Gasteiger partial charge in [0.15, 0.2) is 6.61 Å². The summed E-state index contributed by atoms with van der Waals surface area (Å²) in [5.41, 5.74) is 0.825. The minimum absolute atomic E-state index is 0.00494. The van der Waals surface area contributed by atoms with E-state index < -0.39 is 24.9 Å². The first-order chi connectivity index (χ1) is 14.2. The highest BCUT2D eigenvalue weighted by Gasteiger charge is 2.41. The van der Waals surface area contributed by atoms with Crippen LogP contribution in [0.25, 0.3) is 0 Å². The average Bonchev–Trinajstić information content (AvgIpc) is 3.57. The van der Waals surface area contributed by atoms with Crippen LogP contribution in [0.3, 0.4) is 0 Å². The maximum Gasteiger partial charge on any atom is 0.340 e. The summed E-state index contributed by atoms with van der Waals surface area (Å²) in [5, 5.41) is 5.30. The highest BCUT2D eigenvalue weighted by molar-refractivity contribution is 5.97. The molecule has 0 atom stereocenters. The molecular weight excluding hydrogens is 408 g/mol. The average molecular weight is 426 g/mol. The van der Waals surface area contributed by atoms with Crippen molar-refractivity contribution in [3.8, 4) is 5.88 Å². The summed E-state index contributed by atoms with van der Waals surface area (Å²) < 4.78 is 54.5. The van der Waals surface area contributed by atoms with Crippen LogP contribution < -0.4 is 15.4 Å². The van der Waals surface area contributed by atoms with Gasteiger partial charge in [-0.05, 0) is 30.5 Å². The lowest BCUT2D eigenvalue weighted by Gasteiger charge is -2.15. The van der Waals surface area contributed by atoms with Gasteiger partial charge in [0.05, 0.1) is 0 Å². The number of hydrogen-bond donors (Lipinski definition) is 2. The van der Waals surface area contributed by atoms with Crippen molar-refractivity contribution in [2.75, 3.05) is 11.9 Å². The van der Waals surface area contributed by atoms with Crippen LogP contribution in [0.1, 0.15) is 28.8 Å². The lowest BCUT2D eigenvalue weighted by Crippen LogP contribution is -2.33. The van der Waals surface area contributed by atoms with E-state index in [0.717, 1.165) is 12.8 Å². The predicted molar refractivity (Wildman–Crippen MR) is 97.4 cm³/mol. The normalized spacial score (nSPS) is 13.8. The number of pyridine rings is 2. The van der Waals surface area contributed by atoms with Crippen molar-refractivity contribution < 1.29 is 31.9 Å². The second-order valence-corrected chi connectivity index (χ2v) is 6.73. The Morgan fingerprint density at radius 1 is 1.20 bits per heavy atom. The quantitative estimate of drug-likeness (QED) is 0.602. The van der Waals surface area contributed by atoms with Gasteiger partial charge in [-0.2, -0.15) is 8.78 Å². The summed E-state index contributed by atoms with van der Waals surface area (Å²) in [4.78, 5) is 31.8. The van der Waals surface area contributed by atoms with Crippen molar-refractivity contribution in [3.05, 3.63) is 47.8 Å². The van der Waals surface area contributed by atoms with Crippen molar-refractivity contribution in [1.82, 2.24) is 15.3 Å². The third-order valence-electron chi connectivity index (χ3n) is 4.20. The van der Waals surface area contributed by atoms with Crippen molar-refractivity contribution in [3.63, 3.8) is 0 Å². The van der Waals surface area contributed by atoms with Crippen LogP contribution in [-0.4, -0.2) is 40.7 Å². The molecule has 7 nitrogen and oxygen atoms in total. The first kappa shape index (κ1) is 21.5. The van der Waals surface area contributed by atoms with Gasteiger partial charge in [0.2, 0.25) is 11.8 Å². The van der Waals surface area contributed by atoms with Crippen LogP contribution in [0.4, 0.5) is 23.4 Å². The lowest BCUT2D eigenvalue weighted by atomic mass is 10.2. The number of ether oxygens (including phenoxy) is 1. The Bertz CT molecular complexity index is 905. The predicted octanol–water partition coefficient (Wildman–Crippen LogP) is 3.03. The number of carbonyl (C=O) groups excluding carboxylic acids is 2. The SMILES string of the molecule is O=C(NCc1ccc(OCC(F)(F)C(F)F)nc1)c1ccnc(NC(=O)C2CC2)c1. The molecule has 1 aliphatic carbocycles. The number of anilines is 1. The molecule has 30 heavy (non-hydrogen) atoms. The molecule has 2 amide bonds. The van der Waals surface area contributed by atoms with Gasteiger partial charge in [-0.1, -0.05) is 6.07 Å². The van der Waals surface area contributed by atoms with E-state index in [1.54, 1.807) is 0 Å². The Morgan fingerprint density at radius 3 is 2.60 bits per heavy atom. The van der Waals surface area contributed by atoms with Crippen molar-refractivity contribution in [2.24, 2.45) is 5.92 Å². The van der Waals surface area contributed by atoms with Gasteiger partial charge < -0.3 is 15.4 Å². The van der Waals surface area contributed by atoms with E-state index in [9.17, 15) is 27.2 Å². The van der Waals surface area contributed by atoms with Crippen LogP contribution >= 0.6 is 0 Å². The number of aromatic nitrogens is 2. The zero-order valence-corrected chi connectivity index (χ0v) is 15.6. The fourth-order valence-electron chi connectivity index (χ4n) is 2.33. The van der Waals surface area contributed by atoms with Gasteiger partial charge >= 0.3 is 12.3 Å². The molecule has 0 bridgehead atoms. The summed E-state index contributed by atoms with van der Waals surface area (Å²) in [6, 6.07) is 5.63. The summed E-state index contributed by atoms with van der Waals surface area (Å²) in [6.07, 6.45) is 0.532. The third kappa shape index (κ3) is 5.88. The molecule has 1 fully saturated rings. The minimum atomic E-state index is -4.27. The molecule has 0 aromatic carbocycles. The second kappa shape index (κ2) is 9.06. The zero-order valence-electron chi connectivity index (χ0n) is 15.6. The molecule has 0 aliphatic heterocycles. The Balaban J connectivity index is 1.50. The van der Waals surface area contributed by atoms with E-state index in [1.807, 2.05) is 0 Å². The van der Waals surface area contributed by atoms with Crippen LogP contribution in [-0.2, 0) is 11.3 Å². The molecular formula is C19H18F4N4O3. The summed E-state index contributed by atoms with van der Waals surface area (Å²) >= 11 is 0. The number of halogens is 4. The van der Waals surface area contributed by atoms with E-state index in [0.29, 0.717) is 11.1 Å². The molecule has 2 heterocycles. The molecule has 2 aromatic heterocycles. The Morgan fingerprint density at radius 2 is 1.97 bits per heavy atom. The molecule has 3 rings (SSSR count). The standard InChI is InChI=1S/C19H18F4N4O3/c20-18(21)19(22,23)10-30-15-4-1-11(8-25-15)9-26-16(28)13-5-6-24-14(7-13)27-17(29)12-2-3-12/h1,4-8,12,18H,2-3,9-10H2,(H,26,28)(H,24,27,29). The number of alkyl halides is 4. The Hall–Kier alpha value is -3.24. The first-order valence-corrected chi connectivity index (χ1v) is 9.03. The van der Waals surface area contributed by atoms with Crippen molar-refractivity contribution in [2.45, 2.75) is 31.7 Å². The number of amides is 2. The molecule has 0 radical (unpaired) electrons. The third-order valence-corrected chi connectivity index (χ3v) is 4.20. The van der Waals surface area contributed by atoms with E-state index in [2.05, 4.69) is 25.3 Å². The highest BCUT2D eigenvalue weighted by atomic mass is 19.3. The summed E-state index contributed by atoms with van der Waals surface area (Å²) in [6.45, 7) is -1.42. The van der Waals surface area contributed by atoms with Gasteiger partial charge in [-0.25, -0.2) is 18.7 Å². The lowest BCUT2D eigenvalue weighted by molar-refractivity contribution is -0.148. The Labute approximate surface area is 168 Å². The molecule has 0 spiro atoms. The van der Waals surface area contributed by atoms with Crippen LogP contribution in [0, 0.1) is 5.92 Å². The van der Waals surface area contributed by atoms with Gasteiger partial charge in [0.25, 0.3) is 5.91 Å². The van der Waals surface area contributed by atoms with Gasteiger partial charge in [0, 0.05) is 36.5 Å². The van der Waals surface area contributed by atoms with Gasteiger partial charge in [-0.15, -0.1) is 0 Å². The molecule has 1 aliphatic rings. The number of nitrogens with zero attached hydrogens (tertiary/aromatic N) is 2. The van der Waals surface area contributed by atoms with Crippen LogP contribution in [0.2, 0.25) is 0 Å².